The molecule has 2 fully saturated rings. The van der Waals surface area contributed by atoms with Gasteiger partial charge in [-0.3, -0.25) is 24.0 Å². The zero-order valence-electron chi connectivity index (χ0n) is 33.6. The lowest BCUT2D eigenvalue weighted by Gasteiger charge is -2.35. The first-order valence-corrected chi connectivity index (χ1v) is 19.0. The van der Waals surface area contributed by atoms with Crippen LogP contribution in [0.25, 0.3) is 0 Å². The number of methoxy groups -OCH3 is 1. The molecule has 0 aliphatic carbocycles. The molecule has 54 heavy (non-hydrogen) atoms. The van der Waals surface area contributed by atoms with Crippen LogP contribution in [0.5, 0.6) is 5.75 Å². The molecule has 0 unspecified atom stereocenters. The normalized spacial score (nSPS) is 28.7. The van der Waals surface area contributed by atoms with Crippen LogP contribution in [0.1, 0.15) is 86.1 Å². The largest absolute Gasteiger partial charge is 0.497 e. The number of hydrogen-bond donors (Lipinski definition) is 5. The highest BCUT2D eigenvalue weighted by Crippen LogP contribution is 2.25. The van der Waals surface area contributed by atoms with Gasteiger partial charge in [-0.25, -0.2) is 4.79 Å². The third-order valence-electron chi connectivity index (χ3n) is 10.6. The highest BCUT2D eigenvalue weighted by Gasteiger charge is 2.43. The van der Waals surface area contributed by atoms with Gasteiger partial charge >= 0.3 is 5.97 Å². The first kappa shape index (κ1) is 44.2. The fourth-order valence-corrected chi connectivity index (χ4v) is 7.08. The first-order valence-electron chi connectivity index (χ1n) is 19.0. The minimum Gasteiger partial charge on any atom is -0.497 e. The van der Waals surface area contributed by atoms with Gasteiger partial charge in [-0.05, 0) is 76.6 Å². The number of likely N-dealkylation sites (N-methyl/N-ethyl adjacent to an activating group) is 2. The van der Waals surface area contributed by atoms with Crippen LogP contribution in [0.15, 0.2) is 24.3 Å². The van der Waals surface area contributed by atoms with E-state index in [1.54, 1.807) is 38.3 Å². The molecular weight excluding hydrogens is 696 g/mol. The Balaban J connectivity index is 2.11. The molecule has 0 spiro atoms. The fraction of sp³-hybridized carbons (Fsp3) is 0.692. The summed E-state index contributed by atoms with van der Waals surface area (Å²) < 4.78 is 11.2. The Morgan fingerprint density at radius 3 is 2.26 bits per heavy atom. The van der Waals surface area contributed by atoms with Crippen LogP contribution in [0, 0.1) is 11.8 Å². The van der Waals surface area contributed by atoms with Gasteiger partial charge in [-0.1, -0.05) is 46.2 Å². The highest BCUT2D eigenvalue weighted by atomic mass is 16.5. The number of aliphatic hydroxyl groups is 1. The average Bonchev–Trinajstić information content (AvgIpc) is 3.61. The molecule has 3 rings (SSSR count). The third-order valence-corrected chi connectivity index (χ3v) is 10.6. The van der Waals surface area contributed by atoms with E-state index in [2.05, 4.69) is 21.3 Å². The Labute approximate surface area is 319 Å². The van der Waals surface area contributed by atoms with Gasteiger partial charge in [0.2, 0.25) is 29.5 Å². The second-order valence-corrected chi connectivity index (χ2v) is 15.6. The van der Waals surface area contributed by atoms with Crippen LogP contribution in [0.2, 0.25) is 0 Å². The van der Waals surface area contributed by atoms with Crippen molar-refractivity contribution in [1.82, 2.24) is 31.1 Å². The minimum atomic E-state index is -1.49. The van der Waals surface area contributed by atoms with Crippen molar-refractivity contribution in [3.8, 4) is 5.75 Å². The molecule has 0 bridgehead atoms. The Bertz CT molecular complexity index is 1490. The summed E-state index contributed by atoms with van der Waals surface area (Å²) in [5.41, 5.74) is -0.770. The maximum absolute atomic E-state index is 14.3. The Morgan fingerprint density at radius 1 is 1.04 bits per heavy atom. The molecule has 15 nitrogen and oxygen atoms in total. The van der Waals surface area contributed by atoms with E-state index in [0.717, 1.165) is 0 Å². The smallest absolute Gasteiger partial charge is 0.329 e. The number of hydrogen-bond acceptors (Lipinski definition) is 10. The van der Waals surface area contributed by atoms with E-state index >= 15 is 0 Å². The van der Waals surface area contributed by atoms with Crippen LogP contribution in [0.3, 0.4) is 0 Å². The van der Waals surface area contributed by atoms with Crippen molar-refractivity contribution in [2.45, 2.75) is 135 Å². The maximum Gasteiger partial charge on any atom is 0.329 e. The fourth-order valence-electron chi connectivity index (χ4n) is 7.08. The van der Waals surface area contributed by atoms with Crippen LogP contribution in [-0.2, 0) is 39.9 Å². The van der Waals surface area contributed by atoms with E-state index in [1.165, 1.54) is 37.7 Å². The van der Waals surface area contributed by atoms with E-state index in [-0.39, 0.29) is 31.2 Å². The number of esters is 1. The molecule has 5 amide bonds. The van der Waals surface area contributed by atoms with Crippen molar-refractivity contribution in [2.24, 2.45) is 11.8 Å². The van der Waals surface area contributed by atoms with Gasteiger partial charge in [0.1, 0.15) is 41.6 Å². The van der Waals surface area contributed by atoms with Crippen molar-refractivity contribution >= 4 is 35.5 Å². The summed E-state index contributed by atoms with van der Waals surface area (Å²) in [5, 5.41) is 22.6. The van der Waals surface area contributed by atoms with Crippen LogP contribution in [-0.4, -0.2) is 126 Å². The summed E-state index contributed by atoms with van der Waals surface area (Å²) in [6, 6.07) is 2.06. The number of nitrogens with one attached hydrogen (secondary N) is 4. The molecule has 5 N–H and O–H groups in total. The lowest BCUT2D eigenvalue weighted by molar-refractivity contribution is -0.161. The van der Waals surface area contributed by atoms with Gasteiger partial charge in [-0.2, -0.15) is 0 Å². The molecule has 2 heterocycles. The van der Waals surface area contributed by atoms with Gasteiger partial charge in [-0.15, -0.1) is 0 Å². The molecule has 2 aliphatic rings. The van der Waals surface area contributed by atoms with Gasteiger partial charge < -0.3 is 45.6 Å². The molecule has 0 aromatic heterocycles. The zero-order chi connectivity index (χ0) is 40.5. The van der Waals surface area contributed by atoms with Crippen molar-refractivity contribution in [3.05, 3.63) is 29.8 Å². The molecule has 1 aromatic carbocycles. The van der Waals surface area contributed by atoms with E-state index in [9.17, 15) is 33.9 Å². The predicted molar refractivity (Wildman–Crippen MR) is 202 cm³/mol. The summed E-state index contributed by atoms with van der Waals surface area (Å²) in [6.07, 6.45) is -1.01. The number of aliphatic hydroxyl groups excluding tert-OH is 1. The van der Waals surface area contributed by atoms with Gasteiger partial charge in [0, 0.05) is 20.0 Å². The number of nitrogens with zero attached hydrogens (tertiary/aromatic N) is 2. The minimum absolute atomic E-state index is 0.0132. The summed E-state index contributed by atoms with van der Waals surface area (Å²) in [4.78, 5) is 86.2. The zero-order valence-corrected chi connectivity index (χ0v) is 33.6. The molecule has 302 valence electrons. The number of amides is 5. The number of fused-ring (bicyclic) bond motifs is 1. The lowest BCUT2D eigenvalue weighted by atomic mass is 9.91. The molecule has 15 heteroatoms. The molecule has 2 saturated heterocycles. The second kappa shape index (κ2) is 19.4. The highest BCUT2D eigenvalue weighted by molar-refractivity contribution is 5.97. The molecule has 8 atom stereocenters. The van der Waals surface area contributed by atoms with Crippen molar-refractivity contribution in [1.29, 1.82) is 0 Å². The molecular formula is C39H62N6O9. The summed E-state index contributed by atoms with van der Waals surface area (Å²) in [7, 11) is 4.58. The maximum atomic E-state index is 14.3. The molecule has 1 aromatic rings. The van der Waals surface area contributed by atoms with Crippen LogP contribution in [0.4, 0.5) is 0 Å². The number of benzene rings is 1. The number of carbonyl (C=O) groups excluding carboxylic acids is 6. The van der Waals surface area contributed by atoms with E-state index in [4.69, 9.17) is 9.47 Å². The van der Waals surface area contributed by atoms with E-state index in [0.29, 0.717) is 30.6 Å². The first-order chi connectivity index (χ1) is 25.3. The molecule has 2 aliphatic heterocycles. The topological polar surface area (TPSA) is 196 Å². The number of cyclic esters (lactones) is 1. The van der Waals surface area contributed by atoms with Gasteiger partial charge in [0.05, 0.1) is 25.7 Å². The Morgan fingerprint density at radius 2 is 1.69 bits per heavy atom. The SMILES string of the molecule is CC[C@H](C)[C@H]1NC(=O)[C@@H](NC)[C@@H](C)OC(=O)[C@H](Cc2ccc(OC)cc2)N(C)C(=O)[C@@H]2CCCN2C(=O)[C@H](CC(C)C)NC(=O)C(C)(C)NC(=O)C[C@@H]1O. The quantitative estimate of drug-likeness (QED) is 0.241. The number of rotatable bonds is 8. The second-order valence-electron chi connectivity index (χ2n) is 15.6. The summed E-state index contributed by atoms with van der Waals surface area (Å²) >= 11 is 0. The van der Waals surface area contributed by atoms with Crippen LogP contribution >= 0.6 is 0 Å². The number of ether oxygens (including phenoxy) is 2. The third kappa shape index (κ3) is 11.2. The van der Waals surface area contributed by atoms with Crippen molar-refractivity contribution in [3.63, 3.8) is 0 Å². The monoisotopic (exact) mass is 758 g/mol. The Hall–Kier alpha value is -4.24. The summed E-state index contributed by atoms with van der Waals surface area (Å²) in [6.45, 7) is 12.4. The molecule has 0 saturated carbocycles. The van der Waals surface area contributed by atoms with Crippen LogP contribution < -0.4 is 26.0 Å². The standard InChI is InChI=1S/C39H62N6O9/c1-11-23(4)32-30(46)21-31(47)43-39(6,7)38(52)41-27(19-22(2)3)35(49)45-18-12-13-28(45)36(50)44(9)29(20-25-14-16-26(53-10)17-15-25)37(51)54-24(5)33(40-8)34(48)42-32/h14-17,22-24,27-30,32-33,40,46H,11-13,18-21H2,1-10H3,(H,41,52)(H,42,48)(H,43,47)/t23-,24+,27-,28-,29-,30-,32+,33-/m0/s1. The predicted octanol–water partition coefficient (Wildman–Crippen LogP) is 1.30. The van der Waals surface area contributed by atoms with Gasteiger partial charge in [0.15, 0.2) is 0 Å². The van der Waals surface area contributed by atoms with Gasteiger partial charge in [0.25, 0.3) is 0 Å². The lowest BCUT2D eigenvalue weighted by Crippen LogP contribution is -2.61. The summed E-state index contributed by atoms with van der Waals surface area (Å²) in [5.74, 6) is -3.15. The molecule has 0 radical (unpaired) electrons. The van der Waals surface area contributed by atoms with Crippen molar-refractivity contribution < 1.29 is 43.3 Å². The number of carbonyl (C=O) groups is 6. The van der Waals surface area contributed by atoms with E-state index in [1.807, 2.05) is 27.7 Å². The van der Waals surface area contributed by atoms with E-state index < -0.39 is 89.9 Å². The average molecular weight is 759 g/mol. The Kier molecular flexibility index (Phi) is 15.8. The van der Waals surface area contributed by atoms with Crippen molar-refractivity contribution in [2.75, 3.05) is 27.7 Å².